The monoisotopic (exact) mass is 403 g/mol. The lowest BCUT2D eigenvalue weighted by atomic mass is 10.1. The van der Waals surface area contributed by atoms with Crippen LogP contribution in [0.15, 0.2) is 59.4 Å². The molecule has 0 bridgehead atoms. The van der Waals surface area contributed by atoms with Gasteiger partial charge in [-0.2, -0.15) is 4.52 Å². The Labute approximate surface area is 172 Å². The number of hydrogen-bond acceptors (Lipinski definition) is 5. The van der Waals surface area contributed by atoms with Crippen molar-refractivity contribution in [2.24, 2.45) is 0 Å². The summed E-state index contributed by atoms with van der Waals surface area (Å²) in [4.78, 5) is 29.7. The van der Waals surface area contributed by atoms with Crippen molar-refractivity contribution >= 4 is 28.7 Å². The highest BCUT2D eigenvalue weighted by molar-refractivity contribution is 6.08. The molecule has 0 saturated heterocycles. The minimum atomic E-state index is -0.301. The first-order chi connectivity index (χ1) is 14.4. The van der Waals surface area contributed by atoms with Gasteiger partial charge in [-0.1, -0.05) is 17.7 Å². The molecule has 0 atom stereocenters. The lowest BCUT2D eigenvalue weighted by Gasteiger charge is -2.09. The van der Waals surface area contributed by atoms with Crippen LogP contribution in [0.25, 0.3) is 5.65 Å². The Morgan fingerprint density at radius 3 is 2.43 bits per heavy atom. The molecular formula is C22H21N5O3. The van der Waals surface area contributed by atoms with Gasteiger partial charge < -0.3 is 15.4 Å². The summed E-state index contributed by atoms with van der Waals surface area (Å²) in [6.45, 7) is 3.69. The van der Waals surface area contributed by atoms with E-state index >= 15 is 0 Å². The zero-order valence-corrected chi connectivity index (χ0v) is 16.8. The average Bonchev–Trinajstić information content (AvgIpc) is 3.06. The van der Waals surface area contributed by atoms with E-state index in [1.165, 1.54) is 10.6 Å². The molecule has 0 fully saturated rings. The second kappa shape index (κ2) is 7.75. The Morgan fingerprint density at radius 1 is 1.07 bits per heavy atom. The number of aryl methyl sites for hydroxylation is 2. The largest absolute Gasteiger partial charge is 0.497 e. The first-order valence-corrected chi connectivity index (χ1v) is 9.36. The fourth-order valence-electron chi connectivity index (χ4n) is 3.07. The third kappa shape index (κ3) is 3.75. The molecule has 0 spiro atoms. The van der Waals surface area contributed by atoms with E-state index in [2.05, 4.69) is 20.7 Å². The molecular weight excluding hydrogens is 382 g/mol. The van der Waals surface area contributed by atoms with E-state index in [0.717, 1.165) is 17.0 Å². The first-order valence-electron chi connectivity index (χ1n) is 9.36. The zero-order valence-electron chi connectivity index (χ0n) is 16.8. The molecule has 3 N–H and O–H groups in total. The number of carbonyl (C=O) groups excluding carboxylic acids is 1. The molecule has 0 unspecified atom stereocenters. The van der Waals surface area contributed by atoms with Crippen LogP contribution in [0.3, 0.4) is 0 Å². The number of amides is 1. The molecule has 2 aromatic carbocycles. The van der Waals surface area contributed by atoms with Crippen molar-refractivity contribution in [3.05, 3.63) is 81.8 Å². The molecule has 0 aliphatic carbocycles. The molecule has 4 rings (SSSR count). The third-order valence-corrected chi connectivity index (χ3v) is 4.66. The summed E-state index contributed by atoms with van der Waals surface area (Å²) in [7, 11) is 1.60. The number of hydrogen-bond donors (Lipinski definition) is 3. The van der Waals surface area contributed by atoms with Gasteiger partial charge in [0.25, 0.3) is 11.5 Å². The number of H-pyrrole nitrogens is 1. The summed E-state index contributed by atoms with van der Waals surface area (Å²) < 4.78 is 6.48. The van der Waals surface area contributed by atoms with Crippen LogP contribution < -0.4 is 20.9 Å². The van der Waals surface area contributed by atoms with Gasteiger partial charge in [-0.25, -0.2) is 4.98 Å². The van der Waals surface area contributed by atoms with E-state index in [9.17, 15) is 9.59 Å². The minimum Gasteiger partial charge on any atom is -0.497 e. The summed E-state index contributed by atoms with van der Waals surface area (Å²) in [6.07, 6.45) is 0. The molecule has 1 amide bonds. The van der Waals surface area contributed by atoms with Gasteiger partial charge in [0.2, 0.25) is 0 Å². The highest BCUT2D eigenvalue weighted by Crippen LogP contribution is 2.29. The van der Waals surface area contributed by atoms with Crippen LogP contribution >= 0.6 is 0 Å². The maximum atomic E-state index is 12.8. The predicted octanol–water partition coefficient (Wildman–Crippen LogP) is 3.64. The number of ether oxygens (including phenoxy) is 1. The molecule has 0 aliphatic heterocycles. The number of benzene rings is 2. The summed E-state index contributed by atoms with van der Waals surface area (Å²) in [6, 6.07) is 15.9. The average molecular weight is 403 g/mol. The van der Waals surface area contributed by atoms with Gasteiger partial charge in [0.15, 0.2) is 11.5 Å². The van der Waals surface area contributed by atoms with E-state index in [-0.39, 0.29) is 11.5 Å². The van der Waals surface area contributed by atoms with Gasteiger partial charge in [0.1, 0.15) is 11.4 Å². The normalized spacial score (nSPS) is 10.8. The van der Waals surface area contributed by atoms with Gasteiger partial charge >= 0.3 is 0 Å². The summed E-state index contributed by atoms with van der Waals surface area (Å²) in [5.41, 5.74) is 3.31. The summed E-state index contributed by atoms with van der Waals surface area (Å²) >= 11 is 0. The second-order valence-electron chi connectivity index (χ2n) is 6.93. The third-order valence-electron chi connectivity index (χ3n) is 4.66. The Hall–Kier alpha value is -4.07. The number of nitrogens with zero attached hydrogens (tertiary/aromatic N) is 2. The van der Waals surface area contributed by atoms with Gasteiger partial charge in [-0.3, -0.25) is 14.7 Å². The van der Waals surface area contributed by atoms with Crippen molar-refractivity contribution in [2.45, 2.75) is 13.8 Å². The Balaban J connectivity index is 1.76. The van der Waals surface area contributed by atoms with E-state index < -0.39 is 0 Å². The number of carbonyl (C=O) groups is 1. The molecule has 4 aromatic rings. The lowest BCUT2D eigenvalue weighted by Crippen LogP contribution is -2.16. The van der Waals surface area contributed by atoms with Gasteiger partial charge in [0, 0.05) is 23.0 Å². The van der Waals surface area contributed by atoms with Crippen molar-refractivity contribution in [1.82, 2.24) is 14.6 Å². The van der Waals surface area contributed by atoms with Crippen LogP contribution in [0.2, 0.25) is 0 Å². The molecule has 8 heteroatoms. The van der Waals surface area contributed by atoms with E-state index in [0.29, 0.717) is 28.4 Å². The first kappa shape index (κ1) is 19.3. The van der Waals surface area contributed by atoms with Gasteiger partial charge in [0.05, 0.1) is 7.11 Å². The Kier molecular flexibility index (Phi) is 4.97. The molecule has 152 valence electrons. The van der Waals surface area contributed by atoms with Crippen molar-refractivity contribution in [3.8, 4) is 5.75 Å². The van der Waals surface area contributed by atoms with Crippen LogP contribution in [0.4, 0.5) is 17.2 Å². The Bertz CT molecular complexity index is 1270. The van der Waals surface area contributed by atoms with Gasteiger partial charge in [-0.05, 0) is 50.2 Å². The van der Waals surface area contributed by atoms with Crippen molar-refractivity contribution < 1.29 is 9.53 Å². The number of methoxy groups -OCH3 is 1. The number of fused-ring (bicyclic) bond motifs is 1. The quantitative estimate of drug-likeness (QED) is 0.472. The van der Waals surface area contributed by atoms with Crippen LogP contribution in [-0.2, 0) is 0 Å². The molecule has 8 nitrogen and oxygen atoms in total. The standard InChI is InChI=1S/C22H21N5O3/c1-13-4-6-15(7-5-13)22(29)25-19-20(24-16-8-10-17(30-3)11-9-16)26-27-18(28)12-14(2)23-21(19)27/h4-12,24,26H,1-3H3,(H,25,29). The molecule has 0 saturated carbocycles. The number of aromatic amines is 1. The number of anilines is 3. The molecule has 0 radical (unpaired) electrons. The lowest BCUT2D eigenvalue weighted by molar-refractivity contribution is 0.102. The zero-order chi connectivity index (χ0) is 21.3. The molecule has 0 aliphatic rings. The van der Waals surface area contributed by atoms with Crippen LogP contribution in [-0.4, -0.2) is 27.6 Å². The van der Waals surface area contributed by atoms with E-state index in [1.54, 1.807) is 26.2 Å². The minimum absolute atomic E-state index is 0.272. The van der Waals surface area contributed by atoms with Crippen LogP contribution in [0, 0.1) is 13.8 Å². The van der Waals surface area contributed by atoms with Crippen molar-refractivity contribution in [3.63, 3.8) is 0 Å². The predicted molar refractivity (Wildman–Crippen MR) is 116 cm³/mol. The summed E-state index contributed by atoms with van der Waals surface area (Å²) in [5.74, 6) is 0.861. The second-order valence-corrected chi connectivity index (χ2v) is 6.93. The van der Waals surface area contributed by atoms with Gasteiger partial charge in [-0.15, -0.1) is 0 Å². The highest BCUT2D eigenvalue weighted by Gasteiger charge is 2.18. The van der Waals surface area contributed by atoms with Crippen LogP contribution in [0.5, 0.6) is 5.75 Å². The Morgan fingerprint density at radius 2 is 1.77 bits per heavy atom. The fraction of sp³-hybridized carbons (Fsp3) is 0.136. The van der Waals surface area contributed by atoms with E-state index in [1.807, 2.05) is 43.3 Å². The molecule has 2 heterocycles. The number of nitrogens with one attached hydrogen (secondary N) is 3. The smallest absolute Gasteiger partial charge is 0.273 e. The van der Waals surface area contributed by atoms with E-state index in [4.69, 9.17) is 4.74 Å². The van der Waals surface area contributed by atoms with Crippen molar-refractivity contribution in [2.75, 3.05) is 17.7 Å². The number of aromatic nitrogens is 3. The maximum absolute atomic E-state index is 12.8. The van der Waals surface area contributed by atoms with Crippen molar-refractivity contribution in [1.29, 1.82) is 0 Å². The maximum Gasteiger partial charge on any atom is 0.273 e. The molecule has 30 heavy (non-hydrogen) atoms. The summed E-state index contributed by atoms with van der Waals surface area (Å²) in [5, 5.41) is 9.07. The number of rotatable bonds is 5. The highest BCUT2D eigenvalue weighted by atomic mass is 16.5. The SMILES string of the molecule is COc1ccc(Nc2[nH]n3c(=O)cc(C)nc3c2NC(=O)c2ccc(C)cc2)cc1. The van der Waals surface area contributed by atoms with Crippen LogP contribution in [0.1, 0.15) is 21.6 Å². The fourth-order valence-corrected chi connectivity index (χ4v) is 3.07. The molecule has 2 aromatic heterocycles. The topological polar surface area (TPSA) is 101 Å².